The van der Waals surface area contributed by atoms with Crippen LogP contribution in [0.15, 0.2) is 91.0 Å². The first-order valence-electron chi connectivity index (χ1n) is 14.9. The van der Waals surface area contributed by atoms with E-state index in [1.807, 2.05) is 75.4 Å². The number of fused-ring (bicyclic) bond motifs is 2. The molecule has 7 heteroatoms. The molecule has 0 aromatic heterocycles. The molecular formula is C37H36N2O5. The van der Waals surface area contributed by atoms with E-state index in [9.17, 15) is 14.4 Å². The molecular weight excluding hydrogens is 552 g/mol. The van der Waals surface area contributed by atoms with E-state index in [-0.39, 0.29) is 11.8 Å². The van der Waals surface area contributed by atoms with Crippen molar-refractivity contribution in [2.45, 2.75) is 64.4 Å². The minimum Gasteiger partial charge on any atom is -0.443 e. The minimum atomic E-state index is -1.67. The average Bonchev–Trinajstić information content (AvgIpc) is 3.40. The smallest absolute Gasteiger partial charge is 0.421 e. The molecule has 0 radical (unpaired) electrons. The molecule has 1 fully saturated rings. The van der Waals surface area contributed by atoms with Crippen LogP contribution in [0.1, 0.15) is 64.7 Å². The van der Waals surface area contributed by atoms with Crippen LogP contribution in [-0.2, 0) is 30.0 Å². The highest BCUT2D eigenvalue weighted by atomic mass is 16.6. The second-order valence-electron chi connectivity index (χ2n) is 13.6. The Balaban J connectivity index is 1.63. The van der Waals surface area contributed by atoms with Gasteiger partial charge < -0.3 is 4.74 Å². The summed E-state index contributed by atoms with van der Waals surface area (Å²) in [6, 6.07) is 27.7. The second kappa shape index (κ2) is 10.2. The number of carbonyl (C=O) groups is 4. The number of hydrogen-bond donors (Lipinski definition) is 0. The molecule has 0 unspecified atom stereocenters. The van der Waals surface area contributed by atoms with Gasteiger partial charge in [0.25, 0.3) is 5.91 Å². The van der Waals surface area contributed by atoms with Crippen LogP contribution in [0.25, 0.3) is 10.8 Å². The fourth-order valence-corrected chi connectivity index (χ4v) is 6.77. The summed E-state index contributed by atoms with van der Waals surface area (Å²) in [5.41, 5.74) is -0.153. The van der Waals surface area contributed by atoms with Crippen LogP contribution in [0.3, 0.4) is 0 Å². The monoisotopic (exact) mass is 588 g/mol. The fourth-order valence-electron chi connectivity index (χ4n) is 6.77. The minimum absolute atomic E-state index is 0.206. The van der Waals surface area contributed by atoms with Gasteiger partial charge in [0.1, 0.15) is 11.0 Å². The summed E-state index contributed by atoms with van der Waals surface area (Å²) in [7, 11) is 0. The van der Waals surface area contributed by atoms with Crippen LogP contribution in [0.4, 0.5) is 16.2 Å². The zero-order valence-electron chi connectivity index (χ0n) is 25.9. The summed E-state index contributed by atoms with van der Waals surface area (Å²) in [6.45, 7) is 11.3. The lowest BCUT2D eigenvalue weighted by Gasteiger charge is -2.35. The standard InChI is InChI=1S/C37H36N2O5/c1-35(2,3)26-17-9-11-20-29(26)38-31(40)22-28(32(38)41)37(25-19-13-15-23-14-7-8-16-24(23)25)27-18-10-12-21-30(27)39(33(37)42)34(43)44-36(4,5)6/h7-21,28H,22H2,1-6H3/t28-,37-/m1/s1. The molecule has 2 aliphatic rings. The molecule has 6 rings (SSSR count). The van der Waals surface area contributed by atoms with Crippen LogP contribution < -0.4 is 9.80 Å². The van der Waals surface area contributed by atoms with Gasteiger partial charge in [-0.05, 0) is 65.8 Å². The molecule has 0 saturated carbocycles. The first kappa shape index (κ1) is 29.3. The Morgan fingerprint density at radius 1 is 0.750 bits per heavy atom. The van der Waals surface area contributed by atoms with Crippen molar-refractivity contribution in [1.82, 2.24) is 0 Å². The molecule has 2 heterocycles. The summed E-state index contributed by atoms with van der Waals surface area (Å²) in [5, 5.41) is 1.63. The molecule has 0 aliphatic carbocycles. The van der Waals surface area contributed by atoms with Crippen molar-refractivity contribution in [3.05, 3.63) is 108 Å². The van der Waals surface area contributed by atoms with Gasteiger partial charge in [-0.25, -0.2) is 14.6 Å². The summed E-state index contributed by atoms with van der Waals surface area (Å²) in [5.74, 6) is -2.59. The number of hydrogen-bond acceptors (Lipinski definition) is 5. The fraction of sp³-hybridized carbons (Fsp3) is 0.297. The van der Waals surface area contributed by atoms with Gasteiger partial charge in [0.2, 0.25) is 11.8 Å². The Labute approximate surface area is 257 Å². The van der Waals surface area contributed by atoms with Crippen molar-refractivity contribution in [3.8, 4) is 0 Å². The third-order valence-corrected chi connectivity index (χ3v) is 8.52. The number of anilines is 2. The Morgan fingerprint density at radius 2 is 1.34 bits per heavy atom. The Bertz CT molecular complexity index is 1840. The predicted octanol–water partition coefficient (Wildman–Crippen LogP) is 7.28. The molecule has 4 aromatic rings. The zero-order valence-corrected chi connectivity index (χ0v) is 25.9. The Morgan fingerprint density at radius 3 is 2.05 bits per heavy atom. The number of imide groups is 2. The number of para-hydroxylation sites is 2. The maximum Gasteiger partial charge on any atom is 0.421 e. The molecule has 4 amide bonds. The zero-order chi connectivity index (χ0) is 31.6. The lowest BCUT2D eigenvalue weighted by Crippen LogP contribution is -2.51. The highest BCUT2D eigenvalue weighted by Crippen LogP contribution is 2.55. The third-order valence-electron chi connectivity index (χ3n) is 8.52. The van der Waals surface area contributed by atoms with Crippen LogP contribution >= 0.6 is 0 Å². The lowest BCUT2D eigenvalue weighted by atomic mass is 9.64. The van der Waals surface area contributed by atoms with Crippen LogP contribution in [0.5, 0.6) is 0 Å². The Hall–Kier alpha value is -4.78. The van der Waals surface area contributed by atoms with E-state index in [4.69, 9.17) is 4.74 Å². The van der Waals surface area contributed by atoms with Gasteiger partial charge in [-0.1, -0.05) is 99.6 Å². The first-order chi connectivity index (χ1) is 20.8. The van der Waals surface area contributed by atoms with Gasteiger partial charge in [-0.3, -0.25) is 14.4 Å². The van der Waals surface area contributed by atoms with Gasteiger partial charge >= 0.3 is 6.09 Å². The number of nitrogens with zero attached hydrogens (tertiary/aromatic N) is 2. The maximum atomic E-state index is 15.1. The molecule has 0 bridgehead atoms. The summed E-state index contributed by atoms with van der Waals surface area (Å²) in [4.78, 5) is 59.9. The normalized spacial score (nSPS) is 20.4. The molecule has 224 valence electrons. The van der Waals surface area contributed by atoms with E-state index in [2.05, 4.69) is 0 Å². The molecule has 44 heavy (non-hydrogen) atoms. The second-order valence-corrected chi connectivity index (χ2v) is 13.6. The number of amides is 4. The molecule has 4 aromatic carbocycles. The van der Waals surface area contributed by atoms with E-state index in [0.29, 0.717) is 22.5 Å². The first-order valence-corrected chi connectivity index (χ1v) is 14.9. The molecule has 1 saturated heterocycles. The summed E-state index contributed by atoms with van der Waals surface area (Å²) < 4.78 is 5.72. The maximum absolute atomic E-state index is 15.1. The number of ether oxygens (including phenoxy) is 1. The van der Waals surface area contributed by atoms with Crippen molar-refractivity contribution in [1.29, 1.82) is 0 Å². The average molecular weight is 589 g/mol. The van der Waals surface area contributed by atoms with E-state index >= 15 is 4.79 Å². The van der Waals surface area contributed by atoms with Crippen molar-refractivity contribution in [3.63, 3.8) is 0 Å². The van der Waals surface area contributed by atoms with Gasteiger partial charge in [0.05, 0.1) is 17.3 Å². The highest BCUT2D eigenvalue weighted by Gasteiger charge is 2.64. The number of carbonyl (C=O) groups excluding carboxylic acids is 4. The van der Waals surface area contributed by atoms with E-state index in [0.717, 1.165) is 21.2 Å². The molecule has 2 aliphatic heterocycles. The number of rotatable bonds is 3. The van der Waals surface area contributed by atoms with E-state index < -0.39 is 40.7 Å². The molecule has 0 N–H and O–H groups in total. The van der Waals surface area contributed by atoms with Crippen LogP contribution in [0.2, 0.25) is 0 Å². The molecule has 0 spiro atoms. The summed E-state index contributed by atoms with van der Waals surface area (Å²) >= 11 is 0. The van der Waals surface area contributed by atoms with Crippen molar-refractivity contribution < 1.29 is 23.9 Å². The highest BCUT2D eigenvalue weighted by molar-refractivity contribution is 6.29. The third kappa shape index (κ3) is 4.41. The predicted molar refractivity (Wildman–Crippen MR) is 171 cm³/mol. The van der Waals surface area contributed by atoms with Crippen molar-refractivity contribution >= 4 is 46.0 Å². The summed E-state index contributed by atoms with van der Waals surface area (Å²) in [6.07, 6.45) is -1.04. The van der Waals surface area contributed by atoms with Crippen LogP contribution in [0, 0.1) is 5.92 Å². The van der Waals surface area contributed by atoms with Gasteiger partial charge in [0, 0.05) is 6.42 Å². The van der Waals surface area contributed by atoms with Crippen molar-refractivity contribution in [2.75, 3.05) is 9.80 Å². The van der Waals surface area contributed by atoms with E-state index in [1.165, 1.54) is 4.90 Å². The Kier molecular flexibility index (Phi) is 6.76. The van der Waals surface area contributed by atoms with Gasteiger partial charge in [0.15, 0.2) is 0 Å². The largest absolute Gasteiger partial charge is 0.443 e. The van der Waals surface area contributed by atoms with Gasteiger partial charge in [-0.2, -0.15) is 0 Å². The lowest BCUT2D eigenvalue weighted by molar-refractivity contribution is -0.130. The number of benzene rings is 4. The molecule has 7 nitrogen and oxygen atoms in total. The van der Waals surface area contributed by atoms with Crippen molar-refractivity contribution in [2.24, 2.45) is 5.92 Å². The quantitative estimate of drug-likeness (QED) is 0.235. The van der Waals surface area contributed by atoms with E-state index in [1.54, 1.807) is 57.2 Å². The SMILES string of the molecule is CC(C)(C)OC(=O)N1C(=O)[C@@](c2cccc3ccccc23)([C@@H]2CC(=O)N(c3ccccc3C(C)(C)C)C2=O)c2ccccc21. The molecule has 2 atom stereocenters. The topological polar surface area (TPSA) is 84.0 Å². The van der Waals surface area contributed by atoms with Gasteiger partial charge in [-0.15, -0.1) is 0 Å². The van der Waals surface area contributed by atoms with Crippen LogP contribution in [-0.4, -0.2) is 29.4 Å².